The van der Waals surface area contributed by atoms with Crippen LogP contribution in [0.4, 0.5) is 13.2 Å². The van der Waals surface area contributed by atoms with Crippen LogP contribution in [0.25, 0.3) is 23.1 Å². The third-order valence-corrected chi connectivity index (χ3v) is 5.64. The fraction of sp³-hybridized carbons (Fsp3) is 0.172. The molecule has 0 aliphatic carbocycles. The number of nitrogens with zero attached hydrogens (tertiary/aromatic N) is 1. The van der Waals surface area contributed by atoms with Gasteiger partial charge in [-0.25, -0.2) is 22.9 Å². The lowest BCUT2D eigenvalue weighted by molar-refractivity contribution is 0.0259. The number of ether oxygens (including phenoxy) is 3. The van der Waals surface area contributed by atoms with Crippen LogP contribution in [0, 0.1) is 11.6 Å². The van der Waals surface area contributed by atoms with Gasteiger partial charge in [-0.2, -0.15) is 0 Å². The number of carboxylic acid groups (broad SMARTS) is 1. The van der Waals surface area contributed by atoms with Crippen LogP contribution in [0.2, 0.25) is 0 Å². The van der Waals surface area contributed by atoms with Crippen molar-refractivity contribution in [2.24, 2.45) is 0 Å². The Hall–Kier alpha value is -4.37. The highest BCUT2D eigenvalue weighted by atomic mass is 19.2. The number of hydrogen-bond donors (Lipinski definition) is 1. The monoisotopic (exact) mass is 523 g/mol. The molecule has 38 heavy (non-hydrogen) atoms. The van der Waals surface area contributed by atoms with Gasteiger partial charge < -0.3 is 19.3 Å². The van der Waals surface area contributed by atoms with E-state index in [1.54, 1.807) is 18.2 Å². The summed E-state index contributed by atoms with van der Waals surface area (Å²) in [5, 5.41) is 10.0. The fourth-order valence-corrected chi connectivity index (χ4v) is 3.83. The number of pyridine rings is 1. The lowest BCUT2D eigenvalue weighted by Crippen LogP contribution is -2.15. The minimum atomic E-state index is -1.24. The second-order valence-electron chi connectivity index (χ2n) is 8.17. The molecular weight excluding hydrogens is 499 g/mol. The van der Waals surface area contributed by atoms with Gasteiger partial charge in [-0.3, -0.25) is 0 Å². The maximum Gasteiger partial charge on any atom is 0.339 e. The molecule has 0 bridgehead atoms. The molecule has 6 nitrogen and oxygen atoms in total. The number of aromatic carboxylic acids is 1. The first-order valence-corrected chi connectivity index (χ1v) is 11.7. The van der Waals surface area contributed by atoms with Crippen molar-refractivity contribution in [2.45, 2.75) is 13.0 Å². The maximum absolute atomic E-state index is 13.6. The number of benzene rings is 3. The zero-order valence-electron chi connectivity index (χ0n) is 20.4. The topological polar surface area (TPSA) is 77.9 Å². The first kappa shape index (κ1) is 26.7. The molecule has 0 spiro atoms. The summed E-state index contributed by atoms with van der Waals surface area (Å²) in [5.74, 6) is -2.93. The number of aromatic nitrogens is 1. The normalized spacial score (nSPS) is 12.1. The van der Waals surface area contributed by atoms with Crippen molar-refractivity contribution in [3.05, 3.63) is 101 Å². The zero-order chi connectivity index (χ0) is 27.1. The Labute approximate surface area is 216 Å². The largest absolute Gasteiger partial charge is 0.490 e. The van der Waals surface area contributed by atoms with Crippen molar-refractivity contribution in [1.82, 2.24) is 4.98 Å². The van der Waals surface area contributed by atoms with Crippen molar-refractivity contribution in [3.8, 4) is 11.5 Å². The summed E-state index contributed by atoms with van der Waals surface area (Å²) >= 11 is 0. The highest BCUT2D eigenvalue weighted by Crippen LogP contribution is 2.27. The first-order chi connectivity index (χ1) is 18.4. The van der Waals surface area contributed by atoms with Gasteiger partial charge in [-0.05, 0) is 60.5 Å². The van der Waals surface area contributed by atoms with Crippen LogP contribution in [0.1, 0.15) is 40.2 Å². The summed E-state index contributed by atoms with van der Waals surface area (Å²) in [6.07, 6.45) is 3.08. The predicted octanol–water partition coefficient (Wildman–Crippen LogP) is 6.84. The summed E-state index contributed by atoms with van der Waals surface area (Å²) in [5.41, 5.74) is 2.39. The molecular formula is C29H24F3NO5. The molecule has 0 radical (unpaired) electrons. The summed E-state index contributed by atoms with van der Waals surface area (Å²) in [7, 11) is 0. The molecule has 0 saturated heterocycles. The van der Waals surface area contributed by atoms with E-state index in [4.69, 9.17) is 14.2 Å². The molecule has 9 heteroatoms. The first-order valence-electron chi connectivity index (χ1n) is 11.7. The molecule has 1 N–H and O–H groups in total. The molecule has 0 unspecified atom stereocenters. The lowest BCUT2D eigenvalue weighted by atomic mass is 10.1. The molecule has 0 fully saturated rings. The van der Waals surface area contributed by atoms with Gasteiger partial charge in [-0.1, -0.05) is 30.3 Å². The molecule has 0 aliphatic heterocycles. The number of alkyl halides is 1. The summed E-state index contributed by atoms with van der Waals surface area (Å²) in [6, 6.07) is 17.1. The van der Waals surface area contributed by atoms with Crippen LogP contribution >= 0.6 is 0 Å². The maximum atomic E-state index is 13.6. The van der Waals surface area contributed by atoms with Crippen molar-refractivity contribution >= 4 is 29.0 Å². The van der Waals surface area contributed by atoms with Gasteiger partial charge in [0.15, 0.2) is 11.6 Å². The van der Waals surface area contributed by atoms with Crippen molar-refractivity contribution in [1.29, 1.82) is 0 Å². The van der Waals surface area contributed by atoms with E-state index in [9.17, 15) is 23.1 Å². The van der Waals surface area contributed by atoms with Gasteiger partial charge in [0.1, 0.15) is 29.8 Å². The number of carbonyl (C=O) groups is 1. The summed E-state index contributed by atoms with van der Waals surface area (Å²) in [6.45, 7) is 1.18. The molecule has 4 aromatic rings. The van der Waals surface area contributed by atoms with Crippen molar-refractivity contribution in [3.63, 3.8) is 0 Å². The molecule has 1 heterocycles. The molecule has 1 aromatic heterocycles. The predicted molar refractivity (Wildman–Crippen MR) is 137 cm³/mol. The smallest absolute Gasteiger partial charge is 0.339 e. The van der Waals surface area contributed by atoms with E-state index < -0.39 is 30.6 Å². The highest BCUT2D eigenvalue weighted by Gasteiger charge is 2.17. The Morgan fingerprint density at radius 1 is 1.00 bits per heavy atom. The van der Waals surface area contributed by atoms with Crippen LogP contribution in [0.5, 0.6) is 11.5 Å². The number of rotatable bonds is 11. The van der Waals surface area contributed by atoms with Crippen LogP contribution < -0.4 is 9.47 Å². The number of fused-ring (bicyclic) bond motifs is 1. The van der Waals surface area contributed by atoms with E-state index in [1.165, 1.54) is 18.2 Å². The standard InChI is InChI=1S/C29H24F3NO5/c1-2-36-28(16-37-27-11-10-22(38-17-30)14-23(27)29(34)35)20-5-3-4-18(12-20)6-8-21-9-7-19-13-24(31)25(32)15-26(19)33-21/h3-15,28H,2,16-17H2,1H3,(H,34,35)/b8-6+/t28-/m1/s1. The summed E-state index contributed by atoms with van der Waals surface area (Å²) in [4.78, 5) is 16.0. The van der Waals surface area contributed by atoms with Gasteiger partial charge in [-0.15, -0.1) is 0 Å². The Bertz CT molecular complexity index is 1470. The van der Waals surface area contributed by atoms with E-state index in [0.29, 0.717) is 23.2 Å². The molecule has 1 atom stereocenters. The quantitative estimate of drug-likeness (QED) is 0.232. The molecule has 4 rings (SSSR count). The third kappa shape index (κ3) is 6.49. The molecule has 196 valence electrons. The Balaban J connectivity index is 1.52. The molecule has 0 saturated carbocycles. The van der Waals surface area contributed by atoms with E-state index >= 15 is 0 Å². The number of carboxylic acids is 1. The third-order valence-electron chi connectivity index (χ3n) is 5.64. The summed E-state index contributed by atoms with van der Waals surface area (Å²) < 4.78 is 55.9. The Morgan fingerprint density at radius 2 is 1.82 bits per heavy atom. The van der Waals surface area contributed by atoms with E-state index in [1.807, 2.05) is 37.3 Å². The van der Waals surface area contributed by atoms with Crippen molar-refractivity contribution in [2.75, 3.05) is 20.1 Å². The van der Waals surface area contributed by atoms with Crippen LogP contribution in [0.15, 0.2) is 66.7 Å². The van der Waals surface area contributed by atoms with Gasteiger partial charge in [0.2, 0.25) is 6.86 Å². The number of hydrogen-bond acceptors (Lipinski definition) is 5. The SMILES string of the molecule is CCO[C@H](COc1ccc(OCF)cc1C(=O)O)c1cccc(/C=C/c2ccc3cc(F)c(F)cc3n2)c1. The number of halogens is 3. The van der Waals surface area contributed by atoms with Gasteiger partial charge in [0, 0.05) is 18.1 Å². The second kappa shape index (κ2) is 12.2. The minimum Gasteiger partial charge on any atom is -0.490 e. The van der Waals surface area contributed by atoms with E-state index in [2.05, 4.69) is 4.98 Å². The zero-order valence-corrected chi connectivity index (χ0v) is 20.4. The van der Waals surface area contributed by atoms with Crippen LogP contribution in [-0.4, -0.2) is 36.1 Å². The molecule has 3 aromatic carbocycles. The van der Waals surface area contributed by atoms with Gasteiger partial charge >= 0.3 is 5.97 Å². The Kier molecular flexibility index (Phi) is 8.60. The van der Waals surface area contributed by atoms with Crippen LogP contribution in [0.3, 0.4) is 0 Å². The fourth-order valence-electron chi connectivity index (χ4n) is 3.83. The lowest BCUT2D eigenvalue weighted by Gasteiger charge is -2.19. The molecule has 0 amide bonds. The van der Waals surface area contributed by atoms with Crippen molar-refractivity contribution < 1.29 is 37.3 Å². The Morgan fingerprint density at radius 3 is 2.58 bits per heavy atom. The minimum absolute atomic E-state index is 0.0267. The van der Waals surface area contributed by atoms with Crippen LogP contribution in [-0.2, 0) is 4.74 Å². The van der Waals surface area contributed by atoms with E-state index in [0.717, 1.165) is 23.3 Å². The second-order valence-corrected chi connectivity index (χ2v) is 8.17. The van der Waals surface area contributed by atoms with E-state index in [-0.39, 0.29) is 23.7 Å². The molecule has 0 aliphatic rings. The van der Waals surface area contributed by atoms with Gasteiger partial charge in [0.05, 0.1) is 11.2 Å². The highest BCUT2D eigenvalue weighted by molar-refractivity contribution is 5.91. The average Bonchev–Trinajstić information content (AvgIpc) is 2.91. The average molecular weight is 524 g/mol. The van der Waals surface area contributed by atoms with Gasteiger partial charge in [0.25, 0.3) is 0 Å².